The molecule has 0 aliphatic rings. The van der Waals surface area contributed by atoms with E-state index < -0.39 is 0 Å². The van der Waals surface area contributed by atoms with Gasteiger partial charge in [0.25, 0.3) is 0 Å². The lowest BCUT2D eigenvalue weighted by Gasteiger charge is -2.04. The van der Waals surface area contributed by atoms with E-state index in [1.807, 2.05) is 30.3 Å². The van der Waals surface area contributed by atoms with Crippen LogP contribution in [0.4, 0.5) is 5.69 Å². The van der Waals surface area contributed by atoms with Crippen molar-refractivity contribution in [2.75, 3.05) is 18.5 Å². The van der Waals surface area contributed by atoms with Gasteiger partial charge >= 0.3 is 5.97 Å². The molecule has 5 heteroatoms. The molecule has 1 aromatic carbocycles. The SMILES string of the molecule is CCOC(=O)CCN=C(N)Nc1ccccc1. The first-order chi connectivity index (χ1) is 8.22. The Morgan fingerprint density at radius 2 is 2.12 bits per heavy atom. The number of esters is 1. The molecule has 0 bridgehead atoms. The lowest BCUT2D eigenvalue weighted by atomic mass is 10.3. The average molecular weight is 235 g/mol. The summed E-state index contributed by atoms with van der Waals surface area (Å²) in [6.07, 6.45) is 0.241. The molecular weight excluding hydrogens is 218 g/mol. The van der Waals surface area contributed by atoms with Gasteiger partial charge in [0.15, 0.2) is 5.96 Å². The number of benzene rings is 1. The average Bonchev–Trinajstić information content (AvgIpc) is 2.30. The monoisotopic (exact) mass is 235 g/mol. The molecule has 0 saturated heterocycles. The van der Waals surface area contributed by atoms with Crippen LogP contribution in [0, 0.1) is 0 Å². The third-order valence-corrected chi connectivity index (χ3v) is 1.95. The Morgan fingerprint density at radius 3 is 2.76 bits per heavy atom. The van der Waals surface area contributed by atoms with Crippen LogP contribution in [0.5, 0.6) is 0 Å². The molecule has 0 atom stereocenters. The zero-order valence-electron chi connectivity index (χ0n) is 9.85. The van der Waals surface area contributed by atoms with Crippen molar-refractivity contribution in [2.45, 2.75) is 13.3 Å². The second-order valence-corrected chi connectivity index (χ2v) is 3.31. The highest BCUT2D eigenvalue weighted by Crippen LogP contribution is 2.03. The van der Waals surface area contributed by atoms with Crippen molar-refractivity contribution in [3.8, 4) is 0 Å². The largest absolute Gasteiger partial charge is 0.466 e. The first-order valence-electron chi connectivity index (χ1n) is 5.50. The number of aliphatic imine (C=N–C) groups is 1. The van der Waals surface area contributed by atoms with E-state index in [2.05, 4.69) is 10.3 Å². The molecule has 0 amide bonds. The minimum atomic E-state index is -0.260. The van der Waals surface area contributed by atoms with Crippen molar-refractivity contribution >= 4 is 17.6 Å². The molecule has 0 aromatic heterocycles. The minimum absolute atomic E-state index is 0.241. The minimum Gasteiger partial charge on any atom is -0.466 e. The Morgan fingerprint density at radius 1 is 1.41 bits per heavy atom. The molecule has 92 valence electrons. The van der Waals surface area contributed by atoms with Crippen molar-refractivity contribution in [1.82, 2.24) is 0 Å². The van der Waals surface area contributed by atoms with Gasteiger partial charge in [-0.15, -0.1) is 0 Å². The summed E-state index contributed by atoms with van der Waals surface area (Å²) in [6, 6.07) is 9.48. The number of guanidine groups is 1. The maximum Gasteiger partial charge on any atom is 0.307 e. The van der Waals surface area contributed by atoms with E-state index in [9.17, 15) is 4.79 Å². The van der Waals surface area contributed by atoms with Gasteiger partial charge in [-0.1, -0.05) is 18.2 Å². The molecule has 0 heterocycles. The fraction of sp³-hybridized carbons (Fsp3) is 0.333. The summed E-state index contributed by atoms with van der Waals surface area (Å²) < 4.78 is 4.77. The van der Waals surface area contributed by atoms with Gasteiger partial charge in [-0.05, 0) is 19.1 Å². The summed E-state index contributed by atoms with van der Waals surface area (Å²) in [5.74, 6) is 0.0317. The number of hydrogen-bond acceptors (Lipinski definition) is 3. The van der Waals surface area contributed by atoms with Crippen LogP contribution < -0.4 is 11.1 Å². The van der Waals surface area contributed by atoms with E-state index >= 15 is 0 Å². The highest BCUT2D eigenvalue weighted by atomic mass is 16.5. The number of nitrogens with zero attached hydrogens (tertiary/aromatic N) is 1. The Hall–Kier alpha value is -2.04. The summed E-state index contributed by atoms with van der Waals surface area (Å²) in [7, 11) is 0. The van der Waals surface area contributed by atoms with Gasteiger partial charge in [-0.2, -0.15) is 0 Å². The van der Waals surface area contributed by atoms with Gasteiger partial charge in [-0.3, -0.25) is 9.79 Å². The topological polar surface area (TPSA) is 76.7 Å². The van der Waals surface area contributed by atoms with Gasteiger partial charge < -0.3 is 15.8 Å². The second kappa shape index (κ2) is 7.27. The Kier molecular flexibility index (Phi) is 5.57. The van der Waals surface area contributed by atoms with Crippen molar-refractivity contribution < 1.29 is 9.53 Å². The molecule has 0 radical (unpaired) electrons. The number of carbonyl (C=O) groups is 1. The standard InChI is InChI=1S/C12H17N3O2/c1-2-17-11(16)8-9-14-12(13)15-10-6-4-3-5-7-10/h3-7H,2,8-9H2,1H3,(H3,13,14,15). The maximum absolute atomic E-state index is 11.0. The van der Waals surface area contributed by atoms with E-state index in [-0.39, 0.29) is 12.4 Å². The first-order valence-corrected chi connectivity index (χ1v) is 5.50. The predicted molar refractivity (Wildman–Crippen MR) is 67.8 cm³/mol. The number of rotatable bonds is 5. The number of nitrogens with two attached hydrogens (primary N) is 1. The van der Waals surface area contributed by atoms with Gasteiger partial charge in [0.05, 0.1) is 19.6 Å². The Balaban J connectivity index is 2.33. The summed E-state index contributed by atoms with van der Waals surface area (Å²) in [6.45, 7) is 2.48. The van der Waals surface area contributed by atoms with Crippen LogP contribution in [-0.2, 0) is 9.53 Å². The van der Waals surface area contributed by atoms with Crippen molar-refractivity contribution in [1.29, 1.82) is 0 Å². The molecule has 0 fully saturated rings. The third kappa shape index (κ3) is 5.55. The number of hydrogen-bond donors (Lipinski definition) is 2. The Labute approximate surface area is 101 Å². The fourth-order valence-electron chi connectivity index (χ4n) is 1.21. The normalized spacial score (nSPS) is 11.0. The van der Waals surface area contributed by atoms with Crippen LogP contribution in [0.3, 0.4) is 0 Å². The van der Waals surface area contributed by atoms with E-state index in [0.29, 0.717) is 19.1 Å². The van der Waals surface area contributed by atoms with Crippen LogP contribution in [0.1, 0.15) is 13.3 Å². The van der Waals surface area contributed by atoms with Gasteiger partial charge in [0, 0.05) is 5.69 Å². The highest BCUT2D eigenvalue weighted by molar-refractivity contribution is 5.92. The quantitative estimate of drug-likeness (QED) is 0.459. The second-order valence-electron chi connectivity index (χ2n) is 3.31. The summed E-state index contributed by atoms with van der Waals surface area (Å²) in [4.78, 5) is 15.1. The fourth-order valence-corrected chi connectivity index (χ4v) is 1.21. The number of para-hydroxylation sites is 1. The number of ether oxygens (including phenoxy) is 1. The van der Waals surface area contributed by atoms with E-state index in [1.54, 1.807) is 6.92 Å². The van der Waals surface area contributed by atoms with E-state index in [4.69, 9.17) is 10.5 Å². The molecule has 1 rings (SSSR count). The molecule has 0 spiro atoms. The van der Waals surface area contributed by atoms with Gasteiger partial charge in [-0.25, -0.2) is 0 Å². The first kappa shape index (κ1) is 13.0. The summed E-state index contributed by atoms with van der Waals surface area (Å²) >= 11 is 0. The van der Waals surface area contributed by atoms with Crippen LogP contribution in [0.2, 0.25) is 0 Å². The van der Waals surface area contributed by atoms with Crippen LogP contribution >= 0.6 is 0 Å². The summed E-state index contributed by atoms with van der Waals surface area (Å²) in [5, 5.41) is 2.92. The van der Waals surface area contributed by atoms with Crippen molar-refractivity contribution in [2.24, 2.45) is 10.7 Å². The molecule has 0 unspecified atom stereocenters. The van der Waals surface area contributed by atoms with Gasteiger partial charge in [0.2, 0.25) is 0 Å². The zero-order valence-corrected chi connectivity index (χ0v) is 9.85. The molecular formula is C12H17N3O2. The van der Waals surface area contributed by atoms with Crippen LogP contribution in [0.15, 0.2) is 35.3 Å². The molecule has 0 saturated carbocycles. The molecule has 5 nitrogen and oxygen atoms in total. The molecule has 1 aromatic rings. The Bertz CT molecular complexity index is 377. The number of anilines is 1. The maximum atomic E-state index is 11.0. The molecule has 0 aliphatic heterocycles. The van der Waals surface area contributed by atoms with Crippen LogP contribution in [-0.4, -0.2) is 25.1 Å². The predicted octanol–water partition coefficient (Wildman–Crippen LogP) is 1.37. The number of nitrogens with one attached hydrogen (secondary N) is 1. The lowest BCUT2D eigenvalue weighted by Crippen LogP contribution is -2.23. The van der Waals surface area contributed by atoms with Crippen LogP contribution in [0.25, 0.3) is 0 Å². The van der Waals surface area contributed by atoms with E-state index in [0.717, 1.165) is 5.69 Å². The van der Waals surface area contributed by atoms with Crippen molar-refractivity contribution in [3.05, 3.63) is 30.3 Å². The smallest absolute Gasteiger partial charge is 0.307 e. The molecule has 3 N–H and O–H groups in total. The van der Waals surface area contributed by atoms with E-state index in [1.165, 1.54) is 0 Å². The molecule has 17 heavy (non-hydrogen) atoms. The summed E-state index contributed by atoms with van der Waals surface area (Å²) in [5.41, 5.74) is 6.52. The highest BCUT2D eigenvalue weighted by Gasteiger charge is 2.00. The number of carbonyl (C=O) groups excluding carboxylic acids is 1. The molecule has 0 aliphatic carbocycles. The zero-order chi connectivity index (χ0) is 12.5. The van der Waals surface area contributed by atoms with Crippen molar-refractivity contribution in [3.63, 3.8) is 0 Å². The lowest BCUT2D eigenvalue weighted by molar-refractivity contribution is -0.142. The van der Waals surface area contributed by atoms with Gasteiger partial charge in [0.1, 0.15) is 0 Å². The third-order valence-electron chi connectivity index (χ3n) is 1.95.